The van der Waals surface area contributed by atoms with Gasteiger partial charge in [0.25, 0.3) is 0 Å². The van der Waals surface area contributed by atoms with Crippen LogP contribution in [-0.4, -0.2) is 99.4 Å². The number of methoxy groups -OCH3 is 4. The molecule has 2 rings (SSSR count). The van der Waals surface area contributed by atoms with Crippen molar-refractivity contribution in [1.82, 2.24) is 0 Å². The van der Waals surface area contributed by atoms with Crippen LogP contribution in [0.3, 0.4) is 0 Å². The minimum Gasteiger partial charge on any atom is -0.387 e. The van der Waals surface area contributed by atoms with E-state index >= 15 is 0 Å². The average Bonchev–Trinajstić information content (AvgIpc) is 2.70. The van der Waals surface area contributed by atoms with Crippen molar-refractivity contribution in [3.05, 3.63) is 0 Å². The molecule has 2 fully saturated rings. The molecular weight excluding hydrogens is 376 g/mol. The molecule has 10 nitrogen and oxygen atoms in total. The molecule has 0 saturated carbocycles. The van der Waals surface area contributed by atoms with Gasteiger partial charge in [-0.25, -0.2) is 0 Å². The minimum absolute atomic E-state index is 0.0214. The Balaban J connectivity index is 2.12. The van der Waals surface area contributed by atoms with Crippen LogP contribution in [-0.2, 0) is 37.9 Å². The maximum absolute atomic E-state index is 10.7. The van der Waals surface area contributed by atoms with Crippen molar-refractivity contribution < 1.29 is 48.1 Å². The predicted octanol–water partition coefficient (Wildman–Crippen LogP) is -0.0106. The molecular formula is C18H34O10. The molecule has 2 heterocycles. The lowest BCUT2D eigenvalue weighted by Gasteiger charge is -2.52. The van der Waals surface area contributed by atoms with Gasteiger partial charge in [0, 0.05) is 28.4 Å². The molecule has 0 radical (unpaired) electrons. The standard InChI is InChI=1S/C18H34O10/c1-15(21-5)17(3,23-7)27-11(9-25-15)13(19)14(20)12-10-26-16(2,22-6)18(4,24-8)28-12/h11-14,19-20H,9-10H2,1-8H3/t11-,12-,13?,14?,15-,16-,17-,18-/m1/s1. The highest BCUT2D eigenvalue weighted by molar-refractivity contribution is 4.95. The smallest absolute Gasteiger partial charge is 0.220 e. The van der Waals surface area contributed by atoms with Crippen molar-refractivity contribution in [3.63, 3.8) is 0 Å². The Kier molecular flexibility index (Phi) is 7.15. The fourth-order valence-electron chi connectivity index (χ4n) is 3.34. The Bertz CT molecular complexity index is 488. The largest absolute Gasteiger partial charge is 0.387 e. The third-order valence-corrected chi connectivity index (χ3v) is 6.12. The summed E-state index contributed by atoms with van der Waals surface area (Å²) < 4.78 is 44.9. The quantitative estimate of drug-likeness (QED) is 0.594. The number of hydrogen-bond donors (Lipinski definition) is 2. The number of hydrogen-bond acceptors (Lipinski definition) is 10. The molecule has 2 aliphatic heterocycles. The van der Waals surface area contributed by atoms with Crippen molar-refractivity contribution in [2.45, 2.75) is 75.3 Å². The zero-order valence-corrected chi connectivity index (χ0v) is 17.9. The van der Waals surface area contributed by atoms with Gasteiger partial charge in [-0.05, 0) is 27.7 Å². The topological polar surface area (TPSA) is 114 Å². The van der Waals surface area contributed by atoms with E-state index in [9.17, 15) is 10.2 Å². The zero-order chi connectivity index (χ0) is 21.4. The third kappa shape index (κ3) is 3.83. The fraction of sp³-hybridized carbons (Fsp3) is 1.00. The summed E-state index contributed by atoms with van der Waals surface area (Å²) in [7, 11) is 5.83. The molecule has 0 aromatic rings. The molecule has 0 aromatic carbocycles. The highest BCUT2D eigenvalue weighted by atomic mass is 16.8. The van der Waals surface area contributed by atoms with Gasteiger partial charge in [-0.2, -0.15) is 0 Å². The lowest BCUT2D eigenvalue weighted by Crippen LogP contribution is -2.68. The number of ether oxygens (including phenoxy) is 8. The SMILES string of the molecule is CO[C@]1(C)OC[C@H](C(O)C(O)[C@H]2CO[C@@](C)(OC)[C@](C)(OC)O2)O[C@@]1(C)OC. The normalized spacial score (nSPS) is 46.9. The van der Waals surface area contributed by atoms with Crippen molar-refractivity contribution >= 4 is 0 Å². The van der Waals surface area contributed by atoms with Crippen LogP contribution in [0.4, 0.5) is 0 Å². The molecule has 0 spiro atoms. The first-order valence-corrected chi connectivity index (χ1v) is 9.15. The Hall–Kier alpha value is -0.400. The summed E-state index contributed by atoms with van der Waals surface area (Å²) in [5.41, 5.74) is 0. The molecule has 0 aliphatic carbocycles. The van der Waals surface area contributed by atoms with Crippen LogP contribution >= 0.6 is 0 Å². The van der Waals surface area contributed by atoms with Gasteiger partial charge < -0.3 is 48.1 Å². The summed E-state index contributed by atoms with van der Waals surface area (Å²) in [6.45, 7) is 6.56. The van der Waals surface area contributed by atoms with E-state index in [0.29, 0.717) is 0 Å². The number of aliphatic hydroxyl groups is 2. The molecule has 2 N–H and O–H groups in total. The molecule has 8 atom stereocenters. The summed E-state index contributed by atoms with van der Waals surface area (Å²) in [5, 5.41) is 21.5. The van der Waals surface area contributed by atoms with Crippen LogP contribution in [0.1, 0.15) is 27.7 Å². The van der Waals surface area contributed by atoms with E-state index in [1.54, 1.807) is 27.7 Å². The summed E-state index contributed by atoms with van der Waals surface area (Å²) in [5.74, 6) is -4.96. The predicted molar refractivity (Wildman–Crippen MR) is 95.3 cm³/mol. The van der Waals surface area contributed by atoms with Crippen LogP contribution in [0.5, 0.6) is 0 Å². The van der Waals surface area contributed by atoms with E-state index < -0.39 is 47.6 Å². The first-order valence-electron chi connectivity index (χ1n) is 9.15. The van der Waals surface area contributed by atoms with Gasteiger partial charge >= 0.3 is 0 Å². The minimum atomic E-state index is -1.35. The maximum atomic E-state index is 10.7. The van der Waals surface area contributed by atoms with E-state index in [1.807, 2.05) is 0 Å². The van der Waals surface area contributed by atoms with Gasteiger partial charge in [-0.1, -0.05) is 0 Å². The van der Waals surface area contributed by atoms with Gasteiger partial charge in [-0.3, -0.25) is 0 Å². The molecule has 2 unspecified atom stereocenters. The summed E-state index contributed by atoms with van der Waals surface area (Å²) in [4.78, 5) is 0. The lowest BCUT2D eigenvalue weighted by molar-refractivity contribution is -0.449. The maximum Gasteiger partial charge on any atom is 0.220 e. The van der Waals surface area contributed by atoms with Gasteiger partial charge in [0.15, 0.2) is 0 Å². The molecule has 28 heavy (non-hydrogen) atoms. The van der Waals surface area contributed by atoms with Crippen LogP contribution in [0.2, 0.25) is 0 Å². The number of aliphatic hydroxyl groups excluding tert-OH is 2. The Morgan fingerprint density at radius 3 is 1.18 bits per heavy atom. The Morgan fingerprint density at radius 1 is 0.643 bits per heavy atom. The van der Waals surface area contributed by atoms with Crippen molar-refractivity contribution in [3.8, 4) is 0 Å². The van der Waals surface area contributed by atoms with Crippen LogP contribution in [0.25, 0.3) is 0 Å². The van der Waals surface area contributed by atoms with Crippen LogP contribution in [0.15, 0.2) is 0 Å². The second-order valence-electron chi connectivity index (χ2n) is 7.52. The Morgan fingerprint density at radius 2 is 0.929 bits per heavy atom. The summed E-state index contributed by atoms with van der Waals surface area (Å²) in [6, 6.07) is 0. The fourth-order valence-corrected chi connectivity index (χ4v) is 3.34. The summed E-state index contributed by atoms with van der Waals surface area (Å²) >= 11 is 0. The van der Waals surface area contributed by atoms with Crippen LogP contribution in [0, 0.1) is 0 Å². The van der Waals surface area contributed by atoms with Gasteiger partial charge in [0.05, 0.1) is 13.2 Å². The Labute approximate surface area is 165 Å². The molecule has 166 valence electrons. The van der Waals surface area contributed by atoms with E-state index in [1.165, 1.54) is 28.4 Å². The zero-order valence-electron chi connectivity index (χ0n) is 17.9. The van der Waals surface area contributed by atoms with Crippen molar-refractivity contribution in [1.29, 1.82) is 0 Å². The van der Waals surface area contributed by atoms with Gasteiger partial charge in [0.2, 0.25) is 23.1 Å². The van der Waals surface area contributed by atoms with Crippen LogP contribution < -0.4 is 0 Å². The third-order valence-electron chi connectivity index (χ3n) is 6.12. The van der Waals surface area contributed by atoms with E-state index in [0.717, 1.165) is 0 Å². The van der Waals surface area contributed by atoms with Gasteiger partial charge in [0.1, 0.15) is 24.4 Å². The molecule has 2 aliphatic rings. The highest BCUT2D eigenvalue weighted by Crippen LogP contribution is 2.40. The van der Waals surface area contributed by atoms with Crippen molar-refractivity contribution in [2.75, 3.05) is 41.7 Å². The number of rotatable bonds is 7. The molecule has 10 heteroatoms. The first kappa shape index (κ1) is 23.9. The average molecular weight is 410 g/mol. The monoisotopic (exact) mass is 410 g/mol. The van der Waals surface area contributed by atoms with E-state index in [2.05, 4.69) is 0 Å². The van der Waals surface area contributed by atoms with Gasteiger partial charge in [-0.15, -0.1) is 0 Å². The lowest BCUT2D eigenvalue weighted by atomic mass is 9.98. The first-order chi connectivity index (χ1) is 12.9. The van der Waals surface area contributed by atoms with E-state index in [4.69, 9.17) is 37.9 Å². The second-order valence-corrected chi connectivity index (χ2v) is 7.52. The molecule has 0 amide bonds. The molecule has 0 bridgehead atoms. The molecule has 0 aromatic heterocycles. The highest BCUT2D eigenvalue weighted by Gasteiger charge is 2.58. The van der Waals surface area contributed by atoms with Crippen molar-refractivity contribution in [2.24, 2.45) is 0 Å². The molecule has 2 saturated heterocycles. The summed E-state index contributed by atoms with van der Waals surface area (Å²) in [6.07, 6.45) is -4.48. The van der Waals surface area contributed by atoms with E-state index in [-0.39, 0.29) is 13.2 Å². The second kappa shape index (κ2) is 8.38.